The minimum atomic E-state index is -0.704. The molecule has 0 bridgehead atoms. The Morgan fingerprint density at radius 2 is 2.56 bits per heavy atom. The fourth-order valence-corrected chi connectivity index (χ4v) is 1.97. The van der Waals surface area contributed by atoms with Crippen molar-refractivity contribution in [3.05, 3.63) is 22.5 Å². The van der Waals surface area contributed by atoms with E-state index in [0.717, 1.165) is 0 Å². The quantitative estimate of drug-likeness (QED) is 0.482. The van der Waals surface area contributed by atoms with Crippen molar-refractivity contribution in [1.29, 1.82) is 0 Å². The van der Waals surface area contributed by atoms with Crippen LogP contribution in [0.4, 0.5) is 5.95 Å². The first kappa shape index (κ1) is 11.3. The first-order chi connectivity index (χ1) is 7.63. The second kappa shape index (κ2) is 4.36. The lowest BCUT2D eigenvalue weighted by Crippen LogP contribution is -2.22. The lowest BCUT2D eigenvalue weighted by molar-refractivity contribution is -0.398. The Balaban J connectivity index is 2.20. The Labute approximate surface area is 95.8 Å². The zero-order valence-corrected chi connectivity index (χ0v) is 8.95. The maximum Gasteiger partial charge on any atom is 0.436 e. The van der Waals surface area contributed by atoms with Gasteiger partial charge in [0.05, 0.1) is 12.0 Å². The summed E-state index contributed by atoms with van der Waals surface area (Å²) < 4.78 is 6.68. The predicted molar refractivity (Wildman–Crippen MR) is 54.1 cm³/mol. The molecule has 7 nitrogen and oxygen atoms in total. The van der Waals surface area contributed by atoms with Crippen LogP contribution >= 0.6 is 11.6 Å². The zero-order chi connectivity index (χ0) is 11.7. The largest absolute Gasteiger partial charge is 0.436 e. The van der Waals surface area contributed by atoms with Gasteiger partial charge in [-0.3, -0.25) is 0 Å². The van der Waals surface area contributed by atoms with Gasteiger partial charge in [0.2, 0.25) is 0 Å². The zero-order valence-electron chi connectivity index (χ0n) is 8.19. The Kier molecular flexibility index (Phi) is 3.08. The summed E-state index contributed by atoms with van der Waals surface area (Å²) in [5.41, 5.74) is 0. The van der Waals surface area contributed by atoms with Crippen molar-refractivity contribution >= 4 is 17.5 Å². The van der Waals surface area contributed by atoms with Gasteiger partial charge in [0.25, 0.3) is 0 Å². The van der Waals surface area contributed by atoms with Gasteiger partial charge >= 0.3 is 5.95 Å². The molecule has 1 aliphatic heterocycles. The number of hydrogen-bond acceptors (Lipinski definition) is 5. The molecule has 0 saturated carbocycles. The van der Waals surface area contributed by atoms with E-state index in [1.165, 1.54) is 17.0 Å². The van der Waals surface area contributed by atoms with Gasteiger partial charge in [-0.2, -0.15) is 0 Å². The summed E-state index contributed by atoms with van der Waals surface area (Å²) in [6.07, 6.45) is 1.27. The number of rotatable bonds is 3. The molecule has 0 aromatic carbocycles. The highest BCUT2D eigenvalue weighted by atomic mass is 35.5. The monoisotopic (exact) mass is 247 g/mol. The van der Waals surface area contributed by atoms with Gasteiger partial charge in [-0.05, 0) is 4.92 Å². The van der Waals surface area contributed by atoms with Gasteiger partial charge in [-0.15, -0.1) is 11.6 Å². The summed E-state index contributed by atoms with van der Waals surface area (Å²) in [4.78, 5) is 13.7. The summed E-state index contributed by atoms with van der Waals surface area (Å²) in [6, 6.07) is 0. The third kappa shape index (κ3) is 1.89. The fourth-order valence-electron chi connectivity index (χ4n) is 1.70. The number of imidazole rings is 1. The van der Waals surface area contributed by atoms with Gasteiger partial charge < -0.3 is 20.0 Å². The number of ether oxygens (including phenoxy) is 1. The minimum absolute atomic E-state index is 0.153. The molecule has 8 heteroatoms. The van der Waals surface area contributed by atoms with Crippen molar-refractivity contribution < 1.29 is 14.8 Å². The van der Waals surface area contributed by atoms with Crippen LogP contribution in [-0.2, 0) is 4.74 Å². The van der Waals surface area contributed by atoms with E-state index >= 15 is 0 Å². The molecule has 1 aliphatic rings. The lowest BCUT2D eigenvalue weighted by atomic mass is 10.2. The first-order valence-corrected chi connectivity index (χ1v) is 5.23. The highest BCUT2D eigenvalue weighted by Gasteiger charge is 2.38. The molecule has 0 spiro atoms. The van der Waals surface area contributed by atoms with Crippen LogP contribution in [0.2, 0.25) is 0 Å². The molecule has 2 heterocycles. The van der Waals surface area contributed by atoms with E-state index in [1.807, 2.05) is 0 Å². The van der Waals surface area contributed by atoms with E-state index in [9.17, 15) is 15.2 Å². The number of aliphatic hydroxyl groups excluding tert-OH is 1. The van der Waals surface area contributed by atoms with Crippen LogP contribution in [0.3, 0.4) is 0 Å². The van der Waals surface area contributed by atoms with E-state index in [2.05, 4.69) is 4.98 Å². The molecular weight excluding hydrogens is 238 g/mol. The molecule has 1 saturated heterocycles. The maximum atomic E-state index is 10.7. The number of halogens is 1. The van der Waals surface area contributed by atoms with Crippen LogP contribution in [-0.4, -0.2) is 37.7 Å². The van der Waals surface area contributed by atoms with Crippen LogP contribution in [0.15, 0.2) is 12.4 Å². The highest BCUT2D eigenvalue weighted by molar-refractivity contribution is 6.18. The molecule has 88 valence electrons. The Morgan fingerprint density at radius 1 is 1.81 bits per heavy atom. The van der Waals surface area contributed by atoms with Gasteiger partial charge in [0.15, 0.2) is 6.23 Å². The smallest absolute Gasteiger partial charge is 0.390 e. The predicted octanol–water partition coefficient (Wildman–Crippen LogP) is 0.678. The summed E-state index contributed by atoms with van der Waals surface area (Å²) in [5, 5.41) is 20.2. The number of alkyl halides is 1. The summed E-state index contributed by atoms with van der Waals surface area (Å²) in [5.74, 6) is -0.146. The molecule has 0 aliphatic carbocycles. The molecule has 0 radical (unpaired) electrons. The minimum Gasteiger partial charge on any atom is -0.390 e. The molecule has 1 N–H and O–H groups in total. The maximum absolute atomic E-state index is 10.7. The Bertz CT molecular complexity index is 396. The topological polar surface area (TPSA) is 90.4 Å². The van der Waals surface area contributed by atoms with Gasteiger partial charge in [-0.25, -0.2) is 4.57 Å². The SMILES string of the molecule is O=[N+]([O-])c1nccn1C1C[C@@H](O)[C@@H](CCl)O1. The van der Waals surface area contributed by atoms with Crippen LogP contribution in [0, 0.1) is 10.1 Å². The molecule has 3 atom stereocenters. The van der Waals surface area contributed by atoms with Crippen molar-refractivity contribution in [3.8, 4) is 0 Å². The van der Waals surface area contributed by atoms with Crippen molar-refractivity contribution in [3.63, 3.8) is 0 Å². The molecular formula is C8H10ClN3O4. The number of aliphatic hydroxyl groups is 1. The third-order valence-corrected chi connectivity index (χ3v) is 2.78. The molecule has 2 rings (SSSR count). The summed E-state index contributed by atoms with van der Waals surface area (Å²) >= 11 is 5.59. The number of hydrogen-bond donors (Lipinski definition) is 1. The van der Waals surface area contributed by atoms with Crippen LogP contribution in [0.25, 0.3) is 0 Å². The fraction of sp³-hybridized carbons (Fsp3) is 0.625. The molecule has 1 aromatic heterocycles. The first-order valence-electron chi connectivity index (χ1n) is 4.70. The van der Waals surface area contributed by atoms with E-state index in [0.29, 0.717) is 0 Å². The molecule has 1 fully saturated rings. The van der Waals surface area contributed by atoms with Gasteiger partial charge in [0.1, 0.15) is 18.5 Å². The van der Waals surface area contributed by atoms with Crippen LogP contribution < -0.4 is 0 Å². The second-order valence-corrected chi connectivity index (χ2v) is 3.79. The van der Waals surface area contributed by atoms with Crippen molar-refractivity contribution in [1.82, 2.24) is 9.55 Å². The van der Waals surface area contributed by atoms with E-state index < -0.39 is 23.4 Å². The summed E-state index contributed by atoms with van der Waals surface area (Å²) in [6.45, 7) is 0. The Morgan fingerprint density at radius 3 is 3.12 bits per heavy atom. The molecule has 0 amide bonds. The number of nitrogens with zero attached hydrogens (tertiary/aromatic N) is 3. The average Bonchev–Trinajstić information content (AvgIpc) is 2.82. The number of aromatic nitrogens is 2. The van der Waals surface area contributed by atoms with Crippen molar-refractivity contribution in [2.75, 3.05) is 5.88 Å². The lowest BCUT2D eigenvalue weighted by Gasteiger charge is -2.10. The molecule has 1 aromatic rings. The van der Waals surface area contributed by atoms with E-state index in [4.69, 9.17) is 16.3 Å². The van der Waals surface area contributed by atoms with Crippen molar-refractivity contribution in [2.45, 2.75) is 24.9 Å². The standard InChI is InChI=1S/C8H10ClN3O4/c9-4-6-5(13)3-7(16-6)11-2-1-10-8(11)12(14)15/h1-2,5-7,13H,3-4H2/t5-,6-,7?/m1/s1. The second-order valence-electron chi connectivity index (χ2n) is 3.48. The van der Waals surface area contributed by atoms with E-state index in [1.54, 1.807) is 0 Å². The van der Waals surface area contributed by atoms with Gasteiger partial charge in [-0.1, -0.05) is 4.98 Å². The summed E-state index contributed by atoms with van der Waals surface area (Å²) in [7, 11) is 0. The molecule has 1 unspecified atom stereocenters. The average molecular weight is 248 g/mol. The van der Waals surface area contributed by atoms with Crippen LogP contribution in [0.1, 0.15) is 12.6 Å². The van der Waals surface area contributed by atoms with Crippen molar-refractivity contribution in [2.24, 2.45) is 0 Å². The molecule has 16 heavy (non-hydrogen) atoms. The Hall–Kier alpha value is -1.18. The van der Waals surface area contributed by atoms with Gasteiger partial charge in [0, 0.05) is 6.42 Å². The highest BCUT2D eigenvalue weighted by Crippen LogP contribution is 2.31. The normalized spacial score (nSPS) is 29.5. The third-order valence-electron chi connectivity index (χ3n) is 2.48. The van der Waals surface area contributed by atoms with E-state index in [-0.39, 0.29) is 18.2 Å². The number of nitro groups is 1. The van der Waals surface area contributed by atoms with Crippen LogP contribution in [0.5, 0.6) is 0 Å².